The SMILES string of the molecule is COC(=O)c1cnc(NN(C)C(=O)OC)c([N+](=O)[O-])c1. The van der Waals surface area contributed by atoms with Crippen LogP contribution in [0.5, 0.6) is 0 Å². The lowest BCUT2D eigenvalue weighted by atomic mass is 10.2. The van der Waals surface area contributed by atoms with Crippen LogP contribution in [0.1, 0.15) is 10.4 Å². The highest BCUT2D eigenvalue weighted by atomic mass is 16.6. The molecule has 1 rings (SSSR count). The third-order valence-electron chi connectivity index (χ3n) is 2.21. The van der Waals surface area contributed by atoms with Gasteiger partial charge < -0.3 is 9.47 Å². The molecule has 0 radical (unpaired) electrons. The molecule has 0 aliphatic carbocycles. The van der Waals surface area contributed by atoms with Gasteiger partial charge in [0.1, 0.15) is 0 Å². The van der Waals surface area contributed by atoms with Gasteiger partial charge >= 0.3 is 17.7 Å². The largest absolute Gasteiger partial charge is 0.465 e. The van der Waals surface area contributed by atoms with E-state index in [-0.39, 0.29) is 11.4 Å². The zero-order valence-electron chi connectivity index (χ0n) is 10.9. The van der Waals surface area contributed by atoms with E-state index in [1.165, 1.54) is 7.05 Å². The molecule has 1 amide bonds. The fourth-order valence-electron chi connectivity index (χ4n) is 1.25. The van der Waals surface area contributed by atoms with Crippen molar-refractivity contribution in [3.8, 4) is 0 Å². The van der Waals surface area contributed by atoms with E-state index in [4.69, 9.17) is 0 Å². The van der Waals surface area contributed by atoms with Crippen molar-refractivity contribution in [2.45, 2.75) is 0 Å². The summed E-state index contributed by atoms with van der Waals surface area (Å²) in [6.07, 6.45) is 0.324. The summed E-state index contributed by atoms with van der Waals surface area (Å²) in [7, 11) is 3.60. The summed E-state index contributed by atoms with van der Waals surface area (Å²) in [6, 6.07) is 0.992. The van der Waals surface area contributed by atoms with Crippen LogP contribution in [0.3, 0.4) is 0 Å². The third-order valence-corrected chi connectivity index (χ3v) is 2.21. The topological polar surface area (TPSA) is 124 Å². The predicted octanol–water partition coefficient (Wildman–Crippen LogP) is 0.801. The second-order valence-corrected chi connectivity index (χ2v) is 3.48. The Hall–Kier alpha value is -2.91. The number of anilines is 1. The number of methoxy groups -OCH3 is 2. The standard InChI is InChI=1S/C10H12N4O6/c1-13(10(16)20-3)12-8-7(14(17)18)4-6(5-11-8)9(15)19-2/h4-5H,1-3H3,(H,11,12). The highest BCUT2D eigenvalue weighted by Gasteiger charge is 2.21. The van der Waals surface area contributed by atoms with Crippen molar-refractivity contribution in [1.29, 1.82) is 0 Å². The van der Waals surface area contributed by atoms with Crippen molar-refractivity contribution in [3.05, 3.63) is 27.9 Å². The first-order valence-corrected chi connectivity index (χ1v) is 5.21. The Morgan fingerprint density at radius 2 is 2.05 bits per heavy atom. The minimum atomic E-state index is -0.766. The molecule has 0 saturated heterocycles. The highest BCUT2D eigenvalue weighted by Crippen LogP contribution is 2.23. The molecule has 1 N–H and O–H groups in total. The lowest BCUT2D eigenvalue weighted by Gasteiger charge is -2.16. The number of hydrogen-bond donors (Lipinski definition) is 1. The molecule has 108 valence electrons. The van der Waals surface area contributed by atoms with Crippen molar-refractivity contribution >= 4 is 23.6 Å². The van der Waals surface area contributed by atoms with E-state index < -0.39 is 22.7 Å². The van der Waals surface area contributed by atoms with Gasteiger partial charge in [-0.2, -0.15) is 0 Å². The summed E-state index contributed by atoms with van der Waals surface area (Å²) < 4.78 is 8.86. The normalized spacial score (nSPS) is 9.55. The number of carbonyl (C=O) groups excluding carboxylic acids is 2. The Balaban J connectivity index is 3.11. The first kappa shape index (κ1) is 15.1. The highest BCUT2D eigenvalue weighted by molar-refractivity contribution is 5.90. The number of nitrogens with one attached hydrogen (secondary N) is 1. The molecule has 0 spiro atoms. The van der Waals surface area contributed by atoms with Crippen molar-refractivity contribution in [2.75, 3.05) is 26.7 Å². The molecule has 0 saturated carbocycles. The average molecular weight is 284 g/mol. The summed E-state index contributed by atoms with van der Waals surface area (Å²) in [5.74, 6) is -0.968. The van der Waals surface area contributed by atoms with Gasteiger partial charge in [0.25, 0.3) is 0 Å². The van der Waals surface area contributed by atoms with Crippen LogP contribution in [0, 0.1) is 10.1 Å². The van der Waals surface area contributed by atoms with Crippen LogP contribution >= 0.6 is 0 Å². The Morgan fingerprint density at radius 3 is 2.55 bits per heavy atom. The van der Waals surface area contributed by atoms with Crippen molar-refractivity contribution in [3.63, 3.8) is 0 Å². The molecule has 10 nitrogen and oxygen atoms in total. The maximum absolute atomic E-state index is 11.3. The molecule has 0 bridgehead atoms. The van der Waals surface area contributed by atoms with Gasteiger partial charge in [0.2, 0.25) is 5.82 Å². The number of pyridine rings is 1. The number of rotatable bonds is 4. The number of carbonyl (C=O) groups is 2. The summed E-state index contributed by atoms with van der Waals surface area (Å²) in [5, 5.41) is 11.8. The second-order valence-electron chi connectivity index (χ2n) is 3.48. The third kappa shape index (κ3) is 3.31. The number of esters is 1. The minimum absolute atomic E-state index is 0.0783. The fourth-order valence-corrected chi connectivity index (χ4v) is 1.25. The molecule has 0 atom stereocenters. The van der Waals surface area contributed by atoms with Gasteiger partial charge in [-0.25, -0.2) is 19.6 Å². The van der Waals surface area contributed by atoms with Gasteiger partial charge in [-0.1, -0.05) is 0 Å². The zero-order valence-corrected chi connectivity index (χ0v) is 10.9. The molecule has 1 heterocycles. The molecule has 0 aromatic carbocycles. The van der Waals surface area contributed by atoms with Gasteiger partial charge in [0, 0.05) is 19.3 Å². The van der Waals surface area contributed by atoms with Crippen molar-refractivity contribution in [1.82, 2.24) is 9.99 Å². The molecule has 0 aliphatic rings. The van der Waals surface area contributed by atoms with Crippen LogP contribution in [0.2, 0.25) is 0 Å². The monoisotopic (exact) mass is 284 g/mol. The summed E-state index contributed by atoms with van der Waals surface area (Å²) in [5.41, 5.74) is 1.82. The van der Waals surface area contributed by atoms with Gasteiger partial charge in [-0.05, 0) is 0 Å². The Kier molecular flexibility index (Phi) is 4.78. The van der Waals surface area contributed by atoms with Crippen LogP contribution < -0.4 is 5.43 Å². The lowest BCUT2D eigenvalue weighted by Crippen LogP contribution is -2.32. The van der Waals surface area contributed by atoms with E-state index in [1.807, 2.05) is 0 Å². The van der Waals surface area contributed by atoms with Gasteiger partial charge in [-0.3, -0.25) is 15.5 Å². The number of amides is 1. The molecule has 0 fully saturated rings. The molecular weight excluding hydrogens is 272 g/mol. The quantitative estimate of drug-likeness (QED) is 0.489. The van der Waals surface area contributed by atoms with Crippen molar-refractivity contribution in [2.24, 2.45) is 0 Å². The predicted molar refractivity (Wildman–Crippen MR) is 66.0 cm³/mol. The molecular formula is C10H12N4O6. The van der Waals surface area contributed by atoms with Crippen LogP contribution in [-0.4, -0.2) is 48.2 Å². The smallest absolute Gasteiger partial charge is 0.428 e. The fraction of sp³-hybridized carbons (Fsp3) is 0.300. The summed E-state index contributed by atoms with van der Waals surface area (Å²) in [6.45, 7) is 0. The van der Waals surface area contributed by atoms with Gasteiger partial charge in [0.05, 0.1) is 24.7 Å². The number of hydrazine groups is 1. The Labute approximate surface area is 113 Å². The zero-order chi connectivity index (χ0) is 15.3. The number of nitrogens with zero attached hydrogens (tertiary/aromatic N) is 3. The number of nitro groups is 1. The summed E-state index contributed by atoms with van der Waals surface area (Å²) in [4.78, 5) is 36.4. The second kappa shape index (κ2) is 6.31. The molecule has 0 unspecified atom stereocenters. The number of aromatic nitrogens is 1. The van der Waals surface area contributed by atoms with E-state index in [1.54, 1.807) is 0 Å². The van der Waals surface area contributed by atoms with Crippen LogP contribution in [0.25, 0.3) is 0 Å². The lowest BCUT2D eigenvalue weighted by molar-refractivity contribution is -0.384. The van der Waals surface area contributed by atoms with Gasteiger partial charge in [0.15, 0.2) is 0 Å². The van der Waals surface area contributed by atoms with E-state index in [0.29, 0.717) is 0 Å². The first-order chi connectivity index (χ1) is 9.40. The van der Waals surface area contributed by atoms with Gasteiger partial charge in [-0.15, -0.1) is 0 Å². The molecule has 20 heavy (non-hydrogen) atoms. The average Bonchev–Trinajstić information content (AvgIpc) is 2.45. The van der Waals surface area contributed by atoms with E-state index >= 15 is 0 Å². The molecule has 10 heteroatoms. The van der Waals surface area contributed by atoms with E-state index in [2.05, 4.69) is 19.9 Å². The Bertz CT molecular complexity index is 547. The molecule has 0 aliphatic heterocycles. The maximum atomic E-state index is 11.3. The molecule has 1 aromatic rings. The van der Waals surface area contributed by atoms with E-state index in [9.17, 15) is 19.7 Å². The minimum Gasteiger partial charge on any atom is -0.465 e. The van der Waals surface area contributed by atoms with Crippen LogP contribution in [0.4, 0.5) is 16.3 Å². The first-order valence-electron chi connectivity index (χ1n) is 5.21. The molecule has 1 aromatic heterocycles. The number of hydrogen-bond acceptors (Lipinski definition) is 8. The Morgan fingerprint density at radius 1 is 1.40 bits per heavy atom. The maximum Gasteiger partial charge on any atom is 0.428 e. The van der Waals surface area contributed by atoms with E-state index in [0.717, 1.165) is 31.5 Å². The van der Waals surface area contributed by atoms with Crippen LogP contribution in [0.15, 0.2) is 12.3 Å². The van der Waals surface area contributed by atoms with Crippen molar-refractivity contribution < 1.29 is 24.0 Å². The van der Waals surface area contributed by atoms with Crippen LogP contribution in [-0.2, 0) is 9.47 Å². The number of ether oxygens (including phenoxy) is 2. The summed E-state index contributed by atoms with van der Waals surface area (Å²) >= 11 is 0.